The van der Waals surface area contributed by atoms with Gasteiger partial charge in [-0.25, -0.2) is 13.4 Å². The number of carbonyl (C=O) groups excluding carboxylic acids is 1. The number of amides is 1. The molecule has 0 unspecified atom stereocenters. The number of hydrogen-bond donors (Lipinski definition) is 3. The third-order valence-corrected chi connectivity index (χ3v) is 8.11. The van der Waals surface area contributed by atoms with Gasteiger partial charge in [0.1, 0.15) is 11.3 Å². The first-order valence-corrected chi connectivity index (χ1v) is 12.0. The quantitative estimate of drug-likeness (QED) is 0.404. The van der Waals surface area contributed by atoms with Crippen molar-refractivity contribution in [3.05, 3.63) is 47.8 Å². The van der Waals surface area contributed by atoms with Gasteiger partial charge in [-0.15, -0.1) is 0 Å². The molecule has 1 aliphatic rings. The summed E-state index contributed by atoms with van der Waals surface area (Å²) < 4.78 is 29.2. The molecule has 1 aliphatic heterocycles. The van der Waals surface area contributed by atoms with E-state index >= 15 is 0 Å². The standard InChI is InChI=1S/C21H24N8O3S/c1-12-25-18(11-28(12)2)33(31,32)29-5-3-13(4-6-29)19-16-7-14(15-9-23-24-10-15)8-17(21(22)30)20(16)27-26-19/h7-11,13H,3-6H2,1-2H3,(H2,22,30)(H,23,24)(H,26,27). The van der Waals surface area contributed by atoms with Gasteiger partial charge >= 0.3 is 0 Å². The van der Waals surface area contributed by atoms with Crippen molar-refractivity contribution in [3.63, 3.8) is 0 Å². The van der Waals surface area contributed by atoms with Crippen molar-refractivity contribution in [3.8, 4) is 11.1 Å². The molecule has 12 heteroatoms. The number of aryl methyl sites for hydroxylation is 2. The molecule has 1 aromatic carbocycles. The van der Waals surface area contributed by atoms with Crippen LogP contribution in [0.5, 0.6) is 0 Å². The van der Waals surface area contributed by atoms with Crippen molar-refractivity contribution in [1.82, 2.24) is 34.3 Å². The monoisotopic (exact) mass is 468 g/mol. The minimum atomic E-state index is -3.65. The van der Waals surface area contributed by atoms with Gasteiger partial charge in [0.25, 0.3) is 15.9 Å². The fourth-order valence-corrected chi connectivity index (χ4v) is 5.87. The number of nitrogens with zero attached hydrogens (tertiary/aromatic N) is 5. The number of aromatic amines is 2. The van der Waals surface area contributed by atoms with Crippen LogP contribution in [0.3, 0.4) is 0 Å². The van der Waals surface area contributed by atoms with E-state index in [0.29, 0.717) is 42.8 Å². The molecular formula is C21H24N8O3S. The van der Waals surface area contributed by atoms with Crippen molar-refractivity contribution in [2.45, 2.75) is 30.7 Å². The topological polar surface area (TPSA) is 156 Å². The minimum absolute atomic E-state index is 0.0623. The number of fused-ring (bicyclic) bond motifs is 1. The molecule has 4 aromatic rings. The number of imidazole rings is 1. The summed E-state index contributed by atoms with van der Waals surface area (Å²) >= 11 is 0. The lowest BCUT2D eigenvalue weighted by Crippen LogP contribution is -2.38. The molecule has 0 atom stereocenters. The highest BCUT2D eigenvalue weighted by atomic mass is 32.2. The summed E-state index contributed by atoms with van der Waals surface area (Å²) in [7, 11) is -1.88. The number of carbonyl (C=O) groups is 1. The van der Waals surface area contributed by atoms with Gasteiger partial charge in [-0.1, -0.05) is 0 Å². The van der Waals surface area contributed by atoms with Crippen LogP contribution in [0.15, 0.2) is 35.7 Å². The summed E-state index contributed by atoms with van der Waals surface area (Å²) in [6.07, 6.45) is 6.19. The maximum atomic E-state index is 13.0. The molecule has 4 heterocycles. The second-order valence-corrected chi connectivity index (χ2v) is 10.2. The van der Waals surface area contributed by atoms with Crippen LogP contribution in [0.2, 0.25) is 0 Å². The predicted molar refractivity (Wildman–Crippen MR) is 121 cm³/mol. The van der Waals surface area contributed by atoms with Gasteiger partial charge in [-0.05, 0) is 37.5 Å². The van der Waals surface area contributed by atoms with E-state index in [-0.39, 0.29) is 10.9 Å². The van der Waals surface area contributed by atoms with Crippen LogP contribution < -0.4 is 5.73 Å². The minimum Gasteiger partial charge on any atom is -0.366 e. The van der Waals surface area contributed by atoms with Gasteiger partial charge in [0.05, 0.1) is 11.8 Å². The van der Waals surface area contributed by atoms with Crippen molar-refractivity contribution in [2.75, 3.05) is 13.1 Å². The zero-order valence-electron chi connectivity index (χ0n) is 18.2. The summed E-state index contributed by atoms with van der Waals surface area (Å²) in [5.41, 5.74) is 8.99. The molecule has 0 saturated carbocycles. The van der Waals surface area contributed by atoms with Gasteiger partial charge in [-0.3, -0.25) is 15.0 Å². The first-order chi connectivity index (χ1) is 15.8. The lowest BCUT2D eigenvalue weighted by Gasteiger charge is -2.30. The van der Waals surface area contributed by atoms with Crippen LogP contribution in [0.25, 0.3) is 22.0 Å². The molecule has 4 N–H and O–H groups in total. The number of rotatable bonds is 5. The lowest BCUT2D eigenvalue weighted by atomic mass is 9.91. The van der Waals surface area contributed by atoms with E-state index < -0.39 is 15.9 Å². The largest absolute Gasteiger partial charge is 0.366 e. The fraction of sp³-hybridized carbons (Fsp3) is 0.333. The summed E-state index contributed by atoms with van der Waals surface area (Å²) in [6.45, 7) is 2.51. The molecule has 0 spiro atoms. The number of sulfonamides is 1. The van der Waals surface area contributed by atoms with Crippen LogP contribution in [-0.2, 0) is 17.1 Å². The Hall–Kier alpha value is -3.51. The van der Waals surface area contributed by atoms with Crippen molar-refractivity contribution >= 4 is 26.8 Å². The number of hydrogen-bond acceptors (Lipinski definition) is 6. The average molecular weight is 469 g/mol. The Morgan fingerprint density at radius 1 is 1.21 bits per heavy atom. The highest BCUT2D eigenvalue weighted by Gasteiger charge is 2.33. The van der Waals surface area contributed by atoms with Gasteiger partial charge in [0.15, 0.2) is 5.03 Å². The Bertz CT molecular complexity index is 1420. The zero-order chi connectivity index (χ0) is 23.3. The summed E-state index contributed by atoms with van der Waals surface area (Å²) in [4.78, 5) is 16.3. The zero-order valence-corrected chi connectivity index (χ0v) is 19.1. The molecule has 33 heavy (non-hydrogen) atoms. The second kappa shape index (κ2) is 7.81. The SMILES string of the molecule is Cc1nc(S(=O)(=O)N2CCC(c3[nH]nc4c(C(N)=O)cc(-c5cn[nH]c5)cc34)CC2)cn1C. The third kappa shape index (κ3) is 3.60. The van der Waals surface area contributed by atoms with Crippen LogP contribution >= 0.6 is 0 Å². The summed E-state index contributed by atoms with van der Waals surface area (Å²) in [5, 5.41) is 15.1. The fourth-order valence-electron chi connectivity index (χ4n) is 4.38. The molecule has 0 bridgehead atoms. The Balaban J connectivity index is 1.44. The van der Waals surface area contributed by atoms with E-state index in [1.165, 1.54) is 4.31 Å². The number of aromatic nitrogens is 6. The van der Waals surface area contributed by atoms with Gasteiger partial charge < -0.3 is 10.3 Å². The van der Waals surface area contributed by atoms with E-state index in [1.807, 2.05) is 6.07 Å². The molecule has 5 rings (SSSR count). The Kier molecular flexibility index (Phi) is 5.05. The van der Waals surface area contributed by atoms with Crippen LogP contribution in [0, 0.1) is 6.92 Å². The lowest BCUT2D eigenvalue weighted by molar-refractivity contribution is 0.100. The molecule has 172 valence electrons. The molecular weight excluding hydrogens is 444 g/mol. The smallest absolute Gasteiger partial charge is 0.262 e. The first-order valence-electron chi connectivity index (χ1n) is 10.6. The Labute approximate surface area is 190 Å². The summed E-state index contributed by atoms with van der Waals surface area (Å²) in [5.74, 6) is 0.147. The number of nitrogens with one attached hydrogen (secondary N) is 2. The van der Waals surface area contributed by atoms with Gasteiger partial charge in [0, 0.05) is 55.1 Å². The summed E-state index contributed by atoms with van der Waals surface area (Å²) in [6, 6.07) is 3.68. The van der Waals surface area contributed by atoms with E-state index in [0.717, 1.165) is 22.2 Å². The number of primary amides is 1. The highest BCUT2D eigenvalue weighted by Crippen LogP contribution is 2.36. The van der Waals surface area contributed by atoms with E-state index in [9.17, 15) is 13.2 Å². The van der Waals surface area contributed by atoms with E-state index in [2.05, 4.69) is 25.4 Å². The second-order valence-electron chi connectivity index (χ2n) is 8.32. The van der Waals surface area contributed by atoms with Crippen LogP contribution in [0.1, 0.15) is 40.6 Å². The molecule has 1 saturated heterocycles. The first kappa shape index (κ1) is 21.3. The molecule has 1 fully saturated rings. The normalized spacial score (nSPS) is 15.9. The number of piperidine rings is 1. The van der Waals surface area contributed by atoms with E-state index in [4.69, 9.17) is 5.73 Å². The van der Waals surface area contributed by atoms with Crippen molar-refractivity contribution < 1.29 is 13.2 Å². The molecule has 1 amide bonds. The van der Waals surface area contributed by atoms with Gasteiger partial charge in [-0.2, -0.15) is 14.5 Å². The van der Waals surface area contributed by atoms with Crippen LogP contribution in [0.4, 0.5) is 0 Å². The highest BCUT2D eigenvalue weighted by molar-refractivity contribution is 7.89. The number of nitrogens with two attached hydrogens (primary N) is 1. The molecule has 0 radical (unpaired) electrons. The average Bonchev–Trinajstić information content (AvgIpc) is 3.54. The maximum absolute atomic E-state index is 13.0. The molecule has 0 aliphatic carbocycles. The van der Waals surface area contributed by atoms with E-state index in [1.54, 1.807) is 43.2 Å². The van der Waals surface area contributed by atoms with Crippen LogP contribution in [-0.4, -0.2) is 61.7 Å². The van der Waals surface area contributed by atoms with Crippen molar-refractivity contribution in [2.24, 2.45) is 12.8 Å². The number of H-pyrrole nitrogens is 2. The number of benzene rings is 1. The maximum Gasteiger partial charge on any atom is 0.262 e. The third-order valence-electron chi connectivity index (χ3n) is 6.34. The molecule has 3 aromatic heterocycles. The van der Waals surface area contributed by atoms with Crippen molar-refractivity contribution in [1.29, 1.82) is 0 Å². The Morgan fingerprint density at radius 2 is 1.97 bits per heavy atom. The Morgan fingerprint density at radius 3 is 2.58 bits per heavy atom. The predicted octanol–water partition coefficient (Wildman–Crippen LogP) is 1.66. The van der Waals surface area contributed by atoms with Gasteiger partial charge in [0.2, 0.25) is 0 Å². The molecule has 11 nitrogen and oxygen atoms in total.